The Labute approximate surface area is 116 Å². The Morgan fingerprint density at radius 2 is 2.00 bits per heavy atom. The summed E-state index contributed by atoms with van der Waals surface area (Å²) < 4.78 is 41.0. The second kappa shape index (κ2) is 6.14. The van der Waals surface area contributed by atoms with Crippen molar-refractivity contribution in [1.82, 2.24) is 3.53 Å². The van der Waals surface area contributed by atoms with Crippen molar-refractivity contribution in [2.24, 2.45) is 0 Å². The van der Waals surface area contributed by atoms with Crippen LogP contribution < -0.4 is 8.85 Å². The molecule has 0 radical (unpaired) electrons. The monoisotopic (exact) mass is 376 g/mol. The summed E-state index contributed by atoms with van der Waals surface area (Å²) in [6.07, 6.45) is -2.45. The lowest BCUT2D eigenvalue weighted by atomic mass is 10.1. The molecule has 1 aromatic carbocycles. The Morgan fingerprint density at radius 1 is 1.35 bits per heavy atom. The van der Waals surface area contributed by atoms with E-state index in [2.05, 4.69) is 8.85 Å². The largest absolute Gasteiger partial charge is 0.416 e. The van der Waals surface area contributed by atoms with E-state index >= 15 is 0 Å². The van der Waals surface area contributed by atoms with Crippen molar-refractivity contribution in [2.75, 3.05) is 11.6 Å². The Morgan fingerprint density at radius 3 is 2.47 bits per heavy atom. The van der Waals surface area contributed by atoms with E-state index in [9.17, 15) is 13.2 Å². The zero-order chi connectivity index (χ0) is 13.1. The molecular formula is C10H12F3IN2S. The quantitative estimate of drug-likeness (QED) is 0.472. The van der Waals surface area contributed by atoms with E-state index in [-0.39, 0.29) is 11.1 Å². The zero-order valence-corrected chi connectivity index (χ0v) is 12.2. The highest BCUT2D eigenvalue weighted by Crippen LogP contribution is 2.33. The number of nitrogens with one attached hydrogen (secondary N) is 2. The minimum absolute atomic E-state index is 0.126. The maximum Gasteiger partial charge on any atom is 0.416 e. The van der Waals surface area contributed by atoms with Crippen LogP contribution in [0.2, 0.25) is 0 Å². The van der Waals surface area contributed by atoms with Crippen molar-refractivity contribution >= 4 is 40.3 Å². The first-order chi connectivity index (χ1) is 7.88. The van der Waals surface area contributed by atoms with Crippen molar-refractivity contribution < 1.29 is 13.2 Å². The van der Waals surface area contributed by atoms with Crippen LogP contribution in [0, 0.1) is 6.92 Å². The minimum atomic E-state index is -4.31. The number of rotatable bonds is 4. The molecule has 96 valence electrons. The molecule has 0 saturated carbocycles. The molecule has 1 atom stereocenters. The maximum absolute atomic E-state index is 12.7. The predicted molar refractivity (Wildman–Crippen MR) is 74.3 cm³/mol. The number of benzene rings is 1. The zero-order valence-electron chi connectivity index (χ0n) is 9.23. The molecule has 0 bridgehead atoms. The Bertz CT molecular complexity index is 380. The van der Waals surface area contributed by atoms with Crippen LogP contribution >= 0.6 is 34.6 Å². The van der Waals surface area contributed by atoms with Crippen LogP contribution in [0.15, 0.2) is 18.2 Å². The van der Waals surface area contributed by atoms with Crippen molar-refractivity contribution in [2.45, 2.75) is 18.6 Å². The van der Waals surface area contributed by atoms with Crippen molar-refractivity contribution in [3.8, 4) is 0 Å². The third kappa shape index (κ3) is 4.22. The highest BCUT2D eigenvalue weighted by atomic mass is 127. The van der Waals surface area contributed by atoms with Gasteiger partial charge in [-0.3, -0.25) is 0 Å². The number of thioether (sulfide) groups is 1. The fourth-order valence-electron chi connectivity index (χ4n) is 1.30. The lowest BCUT2D eigenvalue weighted by molar-refractivity contribution is -0.138. The molecule has 2 nitrogen and oxygen atoms in total. The van der Waals surface area contributed by atoms with Gasteiger partial charge in [-0.05, 0) is 30.9 Å². The molecule has 1 rings (SSSR count). The van der Waals surface area contributed by atoms with Crippen LogP contribution in [0.25, 0.3) is 0 Å². The van der Waals surface area contributed by atoms with Crippen molar-refractivity contribution in [3.05, 3.63) is 29.3 Å². The van der Waals surface area contributed by atoms with Gasteiger partial charge in [0.1, 0.15) is 5.50 Å². The second-order valence-corrected chi connectivity index (χ2v) is 4.96. The molecule has 0 heterocycles. The minimum Gasteiger partial charge on any atom is -0.361 e. The third-order valence-corrected chi connectivity index (χ3v) is 3.93. The van der Waals surface area contributed by atoms with Gasteiger partial charge in [-0.1, -0.05) is 6.07 Å². The van der Waals surface area contributed by atoms with E-state index in [4.69, 9.17) is 0 Å². The van der Waals surface area contributed by atoms with E-state index in [1.807, 2.05) is 29.1 Å². The van der Waals surface area contributed by atoms with Crippen LogP contribution in [0.4, 0.5) is 18.9 Å². The van der Waals surface area contributed by atoms with Crippen molar-refractivity contribution in [1.29, 1.82) is 0 Å². The predicted octanol–water partition coefficient (Wildman–Crippen LogP) is 4.01. The van der Waals surface area contributed by atoms with Gasteiger partial charge in [-0.15, -0.1) is 11.8 Å². The van der Waals surface area contributed by atoms with Gasteiger partial charge in [0.2, 0.25) is 0 Å². The molecule has 1 unspecified atom stereocenters. The van der Waals surface area contributed by atoms with Gasteiger partial charge in [0, 0.05) is 28.6 Å². The van der Waals surface area contributed by atoms with E-state index in [1.165, 1.54) is 24.8 Å². The summed E-state index contributed by atoms with van der Waals surface area (Å²) in [5.41, 5.74) is -0.0483. The SMILES string of the molecule is CSC(NI)Nc1ccc(C)c(C(F)(F)F)c1. The first-order valence-electron chi connectivity index (χ1n) is 4.72. The molecule has 1 aromatic rings. The lowest BCUT2D eigenvalue weighted by Gasteiger charge is -2.18. The van der Waals surface area contributed by atoms with Crippen LogP contribution in [0.1, 0.15) is 11.1 Å². The molecule has 7 heteroatoms. The highest BCUT2D eigenvalue weighted by Gasteiger charge is 2.32. The molecule has 0 aliphatic carbocycles. The summed E-state index contributed by atoms with van der Waals surface area (Å²) >= 11 is 3.42. The molecule has 0 aromatic heterocycles. The standard InChI is InChI=1S/C10H12F3IN2S/c1-6-3-4-7(15-9(16-14)17-2)5-8(6)10(11,12)13/h3-5,9,15-16H,1-2H3. The summed E-state index contributed by atoms with van der Waals surface area (Å²) in [5, 5.41) is 2.96. The number of hydrogen-bond donors (Lipinski definition) is 2. The number of anilines is 1. The summed E-state index contributed by atoms with van der Waals surface area (Å²) in [7, 11) is 0. The topological polar surface area (TPSA) is 24.1 Å². The van der Waals surface area contributed by atoms with Gasteiger partial charge in [0.05, 0.1) is 5.56 Å². The van der Waals surface area contributed by atoms with Gasteiger partial charge in [-0.2, -0.15) is 13.2 Å². The second-order valence-electron chi connectivity index (χ2n) is 3.40. The van der Waals surface area contributed by atoms with Gasteiger partial charge >= 0.3 is 6.18 Å². The lowest BCUT2D eigenvalue weighted by Crippen LogP contribution is -2.25. The molecule has 0 amide bonds. The average Bonchev–Trinajstić information content (AvgIpc) is 2.26. The third-order valence-electron chi connectivity index (χ3n) is 2.18. The smallest absolute Gasteiger partial charge is 0.361 e. The number of alkyl halides is 3. The molecule has 0 spiro atoms. The van der Waals surface area contributed by atoms with Crippen LogP contribution in [0.3, 0.4) is 0 Å². The summed E-state index contributed by atoms with van der Waals surface area (Å²) in [6, 6.07) is 4.24. The van der Waals surface area contributed by atoms with Gasteiger partial charge in [0.15, 0.2) is 0 Å². The van der Waals surface area contributed by atoms with E-state index in [0.29, 0.717) is 5.69 Å². The Kier molecular flexibility index (Phi) is 5.39. The first-order valence-corrected chi connectivity index (χ1v) is 7.08. The van der Waals surface area contributed by atoms with Gasteiger partial charge in [0.25, 0.3) is 0 Å². The Hall–Kier alpha value is -0.150. The molecule has 0 aliphatic heterocycles. The van der Waals surface area contributed by atoms with Crippen molar-refractivity contribution in [3.63, 3.8) is 0 Å². The molecule has 17 heavy (non-hydrogen) atoms. The van der Waals surface area contributed by atoms with Crippen LogP contribution in [-0.2, 0) is 6.18 Å². The summed E-state index contributed by atoms with van der Waals surface area (Å²) in [6.45, 7) is 1.45. The normalized spacial score (nSPS) is 13.5. The number of aryl methyl sites for hydroxylation is 1. The first kappa shape index (κ1) is 14.9. The highest BCUT2D eigenvalue weighted by molar-refractivity contribution is 14.1. The molecule has 0 aliphatic rings. The fourth-order valence-corrected chi connectivity index (χ4v) is 2.56. The molecule has 0 saturated heterocycles. The number of hydrogen-bond acceptors (Lipinski definition) is 3. The van der Waals surface area contributed by atoms with Crippen LogP contribution in [-0.4, -0.2) is 11.8 Å². The Balaban J connectivity index is 2.97. The van der Waals surface area contributed by atoms with Crippen LogP contribution in [0.5, 0.6) is 0 Å². The van der Waals surface area contributed by atoms with E-state index in [0.717, 1.165) is 6.07 Å². The van der Waals surface area contributed by atoms with Gasteiger partial charge < -0.3 is 5.32 Å². The molecule has 2 N–H and O–H groups in total. The summed E-state index contributed by atoms with van der Waals surface area (Å²) in [5.74, 6) is 0. The molecular weight excluding hydrogens is 364 g/mol. The average molecular weight is 376 g/mol. The molecule has 0 fully saturated rings. The maximum atomic E-state index is 12.7. The van der Waals surface area contributed by atoms with E-state index in [1.54, 1.807) is 6.07 Å². The fraction of sp³-hybridized carbons (Fsp3) is 0.400. The summed E-state index contributed by atoms with van der Waals surface area (Å²) in [4.78, 5) is 0. The van der Waals surface area contributed by atoms with E-state index < -0.39 is 11.7 Å². The number of halogens is 4. The van der Waals surface area contributed by atoms with Gasteiger partial charge in [-0.25, -0.2) is 3.53 Å².